The average molecular weight is 226 g/mol. The summed E-state index contributed by atoms with van der Waals surface area (Å²) in [5, 5.41) is 3.56. The maximum Gasteiger partial charge on any atom is 0.00965 e. The van der Waals surface area contributed by atoms with E-state index in [4.69, 9.17) is 0 Å². The van der Waals surface area contributed by atoms with Gasteiger partial charge in [-0.1, -0.05) is 0 Å². The average Bonchev–Trinajstić information content (AvgIpc) is 2.96. The third-order valence-electron chi connectivity index (χ3n) is 3.86. The summed E-state index contributed by atoms with van der Waals surface area (Å²) in [6, 6.07) is 1.45. The van der Waals surface area contributed by atoms with Crippen LogP contribution in [0.5, 0.6) is 0 Å². The van der Waals surface area contributed by atoms with E-state index in [-0.39, 0.29) is 5.54 Å². The Kier molecular flexibility index (Phi) is 4.81. The van der Waals surface area contributed by atoms with Gasteiger partial charge in [0, 0.05) is 17.6 Å². The summed E-state index contributed by atoms with van der Waals surface area (Å²) in [5.41, 5.74) is 0.250. The molecule has 2 nitrogen and oxygen atoms in total. The van der Waals surface area contributed by atoms with Gasteiger partial charge in [-0.3, -0.25) is 0 Å². The van der Waals surface area contributed by atoms with Crippen molar-refractivity contribution in [3.05, 3.63) is 0 Å². The quantitative estimate of drug-likeness (QED) is 0.749. The molecular formula is C14H30N2. The molecule has 1 fully saturated rings. The standard InChI is InChI=1S/C14H30N2/c1-11(9-10-15-14(3,4)5)16(6)12(2)13-7-8-13/h11-13,15H,7-10H2,1-6H3. The molecule has 0 aliphatic heterocycles. The van der Waals surface area contributed by atoms with Gasteiger partial charge < -0.3 is 10.2 Å². The Morgan fingerprint density at radius 1 is 1.25 bits per heavy atom. The maximum atomic E-state index is 3.56. The van der Waals surface area contributed by atoms with Gasteiger partial charge in [0.25, 0.3) is 0 Å². The van der Waals surface area contributed by atoms with Crippen molar-refractivity contribution >= 4 is 0 Å². The second kappa shape index (κ2) is 5.50. The Labute approximate surface area is 102 Å². The Balaban J connectivity index is 2.20. The van der Waals surface area contributed by atoms with Gasteiger partial charge in [0.15, 0.2) is 0 Å². The molecule has 1 aliphatic rings. The first kappa shape index (κ1) is 14.0. The largest absolute Gasteiger partial charge is 0.312 e. The van der Waals surface area contributed by atoms with Gasteiger partial charge in [-0.2, -0.15) is 0 Å². The van der Waals surface area contributed by atoms with E-state index < -0.39 is 0 Å². The van der Waals surface area contributed by atoms with Crippen molar-refractivity contribution in [1.82, 2.24) is 10.2 Å². The SMILES string of the molecule is CC(CCNC(C)(C)C)N(C)C(C)C1CC1. The summed E-state index contributed by atoms with van der Waals surface area (Å²) in [7, 11) is 2.28. The van der Waals surface area contributed by atoms with Crippen molar-refractivity contribution in [3.63, 3.8) is 0 Å². The van der Waals surface area contributed by atoms with Gasteiger partial charge in [-0.15, -0.1) is 0 Å². The fourth-order valence-corrected chi connectivity index (χ4v) is 2.17. The van der Waals surface area contributed by atoms with Crippen LogP contribution in [0.25, 0.3) is 0 Å². The van der Waals surface area contributed by atoms with E-state index >= 15 is 0 Å². The van der Waals surface area contributed by atoms with Crippen molar-refractivity contribution in [2.24, 2.45) is 5.92 Å². The number of nitrogens with zero attached hydrogens (tertiary/aromatic N) is 1. The van der Waals surface area contributed by atoms with E-state index in [1.807, 2.05) is 0 Å². The van der Waals surface area contributed by atoms with Gasteiger partial charge in [0.1, 0.15) is 0 Å². The summed E-state index contributed by atoms with van der Waals surface area (Å²) < 4.78 is 0. The molecule has 0 aromatic rings. The molecule has 0 amide bonds. The van der Waals surface area contributed by atoms with Crippen molar-refractivity contribution < 1.29 is 0 Å². The lowest BCUT2D eigenvalue weighted by atomic mass is 10.1. The van der Waals surface area contributed by atoms with Crippen molar-refractivity contribution in [2.45, 2.75) is 71.5 Å². The molecule has 1 N–H and O–H groups in total. The Hall–Kier alpha value is -0.0800. The topological polar surface area (TPSA) is 15.3 Å². The van der Waals surface area contributed by atoms with E-state index in [0.29, 0.717) is 6.04 Å². The molecule has 1 rings (SSSR count). The minimum atomic E-state index is 0.250. The van der Waals surface area contributed by atoms with Crippen LogP contribution in [0.15, 0.2) is 0 Å². The minimum absolute atomic E-state index is 0.250. The van der Waals surface area contributed by atoms with Crippen LogP contribution in [-0.4, -0.2) is 36.1 Å². The predicted octanol–water partition coefficient (Wildman–Crippen LogP) is 2.88. The van der Waals surface area contributed by atoms with Gasteiger partial charge >= 0.3 is 0 Å². The van der Waals surface area contributed by atoms with Crippen LogP contribution < -0.4 is 5.32 Å². The van der Waals surface area contributed by atoms with Crippen LogP contribution in [0.2, 0.25) is 0 Å². The molecule has 0 heterocycles. The Bertz CT molecular complexity index is 203. The zero-order valence-electron chi connectivity index (χ0n) is 12.0. The first-order valence-corrected chi connectivity index (χ1v) is 6.78. The molecule has 1 saturated carbocycles. The normalized spacial score (nSPS) is 21.2. The molecule has 2 atom stereocenters. The van der Waals surface area contributed by atoms with Crippen LogP contribution in [0.3, 0.4) is 0 Å². The summed E-state index contributed by atoms with van der Waals surface area (Å²) in [6.07, 6.45) is 4.13. The highest BCUT2D eigenvalue weighted by Gasteiger charge is 2.31. The van der Waals surface area contributed by atoms with Gasteiger partial charge in [-0.05, 0) is 73.4 Å². The molecule has 0 saturated heterocycles. The molecule has 2 heteroatoms. The number of rotatable bonds is 6. The maximum absolute atomic E-state index is 3.56. The molecule has 0 spiro atoms. The summed E-state index contributed by atoms with van der Waals surface area (Å²) in [5.74, 6) is 0.975. The molecule has 96 valence electrons. The predicted molar refractivity (Wildman–Crippen MR) is 71.8 cm³/mol. The smallest absolute Gasteiger partial charge is 0.00965 e. The lowest BCUT2D eigenvalue weighted by molar-refractivity contribution is 0.167. The first-order valence-electron chi connectivity index (χ1n) is 6.78. The van der Waals surface area contributed by atoms with Crippen molar-refractivity contribution in [3.8, 4) is 0 Å². The molecule has 1 aliphatic carbocycles. The van der Waals surface area contributed by atoms with Crippen LogP contribution in [0.4, 0.5) is 0 Å². The lowest BCUT2D eigenvalue weighted by Gasteiger charge is -2.32. The molecule has 0 radical (unpaired) electrons. The van der Waals surface area contributed by atoms with Crippen LogP contribution in [0.1, 0.15) is 53.9 Å². The van der Waals surface area contributed by atoms with Gasteiger partial charge in [-0.25, -0.2) is 0 Å². The van der Waals surface area contributed by atoms with E-state index in [1.54, 1.807) is 0 Å². The van der Waals surface area contributed by atoms with Gasteiger partial charge in [0.2, 0.25) is 0 Å². The van der Waals surface area contributed by atoms with Crippen LogP contribution >= 0.6 is 0 Å². The lowest BCUT2D eigenvalue weighted by Crippen LogP contribution is -2.42. The third-order valence-corrected chi connectivity index (χ3v) is 3.86. The van der Waals surface area contributed by atoms with E-state index in [2.05, 4.69) is 51.9 Å². The highest BCUT2D eigenvalue weighted by Crippen LogP contribution is 2.35. The fraction of sp³-hybridized carbons (Fsp3) is 1.00. The zero-order valence-corrected chi connectivity index (χ0v) is 12.0. The van der Waals surface area contributed by atoms with Gasteiger partial charge in [0.05, 0.1) is 0 Å². The molecule has 0 bridgehead atoms. The van der Waals surface area contributed by atoms with Crippen LogP contribution in [0, 0.1) is 5.92 Å². The fourth-order valence-electron chi connectivity index (χ4n) is 2.17. The minimum Gasteiger partial charge on any atom is -0.312 e. The second-order valence-corrected chi connectivity index (χ2v) is 6.56. The highest BCUT2D eigenvalue weighted by molar-refractivity contribution is 4.86. The second-order valence-electron chi connectivity index (χ2n) is 6.56. The molecule has 2 unspecified atom stereocenters. The summed E-state index contributed by atoms with van der Waals surface area (Å²) in [6.45, 7) is 12.5. The van der Waals surface area contributed by atoms with E-state index in [9.17, 15) is 0 Å². The molecule has 16 heavy (non-hydrogen) atoms. The molecular weight excluding hydrogens is 196 g/mol. The number of hydrogen-bond acceptors (Lipinski definition) is 2. The van der Waals surface area contributed by atoms with Crippen LogP contribution in [-0.2, 0) is 0 Å². The number of hydrogen-bond donors (Lipinski definition) is 1. The monoisotopic (exact) mass is 226 g/mol. The Morgan fingerprint density at radius 3 is 2.25 bits per heavy atom. The summed E-state index contributed by atoms with van der Waals surface area (Å²) >= 11 is 0. The van der Waals surface area contributed by atoms with E-state index in [0.717, 1.165) is 18.5 Å². The van der Waals surface area contributed by atoms with Crippen molar-refractivity contribution in [1.29, 1.82) is 0 Å². The van der Waals surface area contributed by atoms with Crippen molar-refractivity contribution in [2.75, 3.05) is 13.6 Å². The zero-order chi connectivity index (χ0) is 12.3. The molecule has 0 aromatic carbocycles. The van der Waals surface area contributed by atoms with E-state index in [1.165, 1.54) is 19.3 Å². The number of nitrogens with one attached hydrogen (secondary N) is 1. The third kappa shape index (κ3) is 4.84. The summed E-state index contributed by atoms with van der Waals surface area (Å²) in [4.78, 5) is 2.56. The highest BCUT2D eigenvalue weighted by atomic mass is 15.2. The first-order chi connectivity index (χ1) is 7.31. The molecule has 0 aromatic heterocycles. The Morgan fingerprint density at radius 2 is 1.81 bits per heavy atom.